The number of fused-ring (bicyclic) bond motifs is 6. The summed E-state index contributed by atoms with van der Waals surface area (Å²) in [6.07, 6.45) is 4.45. The van der Waals surface area contributed by atoms with Gasteiger partial charge in [-0.15, -0.1) is 0 Å². The van der Waals surface area contributed by atoms with Crippen molar-refractivity contribution in [3.8, 4) is 11.1 Å². The van der Waals surface area contributed by atoms with Gasteiger partial charge in [-0.05, 0) is 185 Å². The summed E-state index contributed by atoms with van der Waals surface area (Å²) in [5.74, 6) is 0. The molecule has 352 valence electrons. The molecule has 0 radical (unpaired) electrons. The lowest BCUT2D eigenvalue weighted by molar-refractivity contribution is 0.332. The predicted octanol–water partition coefficient (Wildman–Crippen LogP) is 16.3. The van der Waals surface area contributed by atoms with Crippen molar-refractivity contribution < 1.29 is 4.11 Å². The zero-order valence-electron chi connectivity index (χ0n) is 47.6. The van der Waals surface area contributed by atoms with Crippen molar-refractivity contribution in [1.29, 1.82) is 0 Å². The largest absolute Gasteiger partial charge is 0.311 e. The van der Waals surface area contributed by atoms with E-state index in [-0.39, 0.29) is 44.6 Å². The molecule has 0 saturated carbocycles. The van der Waals surface area contributed by atoms with E-state index in [2.05, 4.69) is 218 Å². The topological polar surface area (TPSA) is 6.48 Å². The molecule has 0 fully saturated rings. The van der Waals surface area contributed by atoms with Gasteiger partial charge in [-0.25, -0.2) is 0 Å². The highest BCUT2D eigenvalue weighted by Crippen LogP contribution is 2.53. The number of anilines is 6. The zero-order chi connectivity index (χ0) is 51.6. The van der Waals surface area contributed by atoms with Crippen molar-refractivity contribution in [2.24, 2.45) is 0 Å². The second-order valence-electron chi connectivity index (χ2n) is 27.1. The normalized spacial score (nSPS) is 19.4. The number of nitrogens with zero attached hydrogens (tertiary/aromatic N) is 2. The molecule has 0 unspecified atom stereocenters. The Kier molecular flexibility index (Phi) is 9.49. The summed E-state index contributed by atoms with van der Waals surface area (Å²) in [7, 11) is 0. The van der Waals surface area contributed by atoms with E-state index in [9.17, 15) is 4.11 Å². The van der Waals surface area contributed by atoms with Crippen LogP contribution in [-0.4, -0.2) is 6.71 Å². The van der Waals surface area contributed by atoms with Crippen molar-refractivity contribution in [1.82, 2.24) is 0 Å². The third-order valence-corrected chi connectivity index (χ3v) is 17.2. The fourth-order valence-corrected chi connectivity index (χ4v) is 12.4. The van der Waals surface area contributed by atoms with Gasteiger partial charge in [-0.2, -0.15) is 0 Å². The van der Waals surface area contributed by atoms with Crippen LogP contribution in [0.2, 0.25) is 0 Å². The Hall–Kier alpha value is -5.02. The first-order valence-electron chi connectivity index (χ1n) is 27.2. The molecule has 10 rings (SSSR count). The molecule has 2 aliphatic carbocycles. The van der Waals surface area contributed by atoms with Crippen LogP contribution in [0.15, 0.2) is 103 Å². The number of benzene rings is 6. The molecule has 0 spiro atoms. The molecule has 6 aromatic carbocycles. The van der Waals surface area contributed by atoms with Crippen LogP contribution < -0.4 is 26.2 Å². The van der Waals surface area contributed by atoms with Crippen LogP contribution in [0.4, 0.5) is 34.1 Å². The van der Waals surface area contributed by atoms with E-state index in [1.165, 1.54) is 49.9 Å². The van der Waals surface area contributed by atoms with Gasteiger partial charge in [0, 0.05) is 38.1 Å². The van der Waals surface area contributed by atoms with Gasteiger partial charge < -0.3 is 9.80 Å². The first-order chi connectivity index (χ1) is 32.7. The summed E-state index contributed by atoms with van der Waals surface area (Å²) in [4.78, 5) is 4.93. The quantitative estimate of drug-likeness (QED) is 0.163. The van der Waals surface area contributed by atoms with Gasteiger partial charge in [0.1, 0.15) is 0 Å². The Morgan fingerprint density at radius 1 is 0.426 bits per heavy atom. The fraction of sp³-hybridized carbons (Fsp3) is 0.446. The highest BCUT2D eigenvalue weighted by molar-refractivity contribution is 7.00. The van der Waals surface area contributed by atoms with Crippen LogP contribution in [0.25, 0.3) is 11.1 Å². The van der Waals surface area contributed by atoms with Gasteiger partial charge in [0.25, 0.3) is 6.71 Å². The van der Waals surface area contributed by atoms with Gasteiger partial charge >= 0.3 is 0 Å². The van der Waals surface area contributed by atoms with Gasteiger partial charge in [0.2, 0.25) is 0 Å². The Balaban J connectivity index is 1.36. The molecule has 2 aliphatic heterocycles. The molecule has 0 amide bonds. The predicted molar refractivity (Wildman–Crippen MR) is 297 cm³/mol. The minimum atomic E-state index is -2.37. The van der Waals surface area contributed by atoms with Crippen LogP contribution in [0, 0.1) is 6.85 Å². The van der Waals surface area contributed by atoms with Crippen molar-refractivity contribution in [2.45, 2.75) is 188 Å². The SMILES string of the molecule is [2H]C([2H])([2H])c1cc2c3c(c1)N(c1ccc(C(C)(C)C)cc1-c1ccc(C(C)(C)C)cc1)c1ccc(C(C)(C)C)cc1B3c1cc3c(cc1N2c1ccc2c(c1)C(C)(C)CCC2(C)C)C(C)(C)CCC3(C)C. The lowest BCUT2D eigenvalue weighted by Crippen LogP contribution is -2.62. The summed E-state index contributed by atoms with van der Waals surface area (Å²) in [5, 5.41) is 0. The van der Waals surface area contributed by atoms with Gasteiger partial charge in [0.15, 0.2) is 0 Å². The summed E-state index contributed by atoms with van der Waals surface area (Å²) < 4.78 is 27.7. The third-order valence-electron chi connectivity index (χ3n) is 17.2. The van der Waals surface area contributed by atoms with E-state index in [0.717, 1.165) is 76.4 Å². The van der Waals surface area contributed by atoms with Crippen molar-refractivity contribution in [3.63, 3.8) is 0 Å². The molecule has 0 saturated heterocycles. The lowest BCUT2D eigenvalue weighted by Gasteiger charge is -2.48. The maximum Gasteiger partial charge on any atom is 0.252 e. The molecule has 3 heteroatoms. The highest BCUT2D eigenvalue weighted by atomic mass is 15.2. The molecular formula is C65H79BN2. The summed E-state index contributed by atoms with van der Waals surface area (Å²) in [5.41, 5.74) is 21.8. The molecule has 2 heterocycles. The van der Waals surface area contributed by atoms with Gasteiger partial charge in [-0.1, -0.05) is 172 Å². The second kappa shape index (κ2) is 15.0. The summed E-state index contributed by atoms with van der Waals surface area (Å²) in [6.45, 7) is 37.4. The highest BCUT2D eigenvalue weighted by Gasteiger charge is 2.48. The average molecular weight is 902 g/mol. The second-order valence-corrected chi connectivity index (χ2v) is 27.1. The van der Waals surface area contributed by atoms with E-state index in [4.69, 9.17) is 0 Å². The molecule has 4 aliphatic rings. The molecule has 6 aromatic rings. The maximum atomic E-state index is 9.24. The van der Waals surface area contributed by atoms with Crippen LogP contribution >= 0.6 is 0 Å². The first kappa shape index (κ1) is 43.0. The molecule has 0 bridgehead atoms. The van der Waals surface area contributed by atoms with Gasteiger partial charge in [-0.3, -0.25) is 0 Å². The van der Waals surface area contributed by atoms with E-state index in [1.54, 1.807) is 0 Å². The minimum absolute atomic E-state index is 0.00533. The molecule has 0 atom stereocenters. The van der Waals surface area contributed by atoms with E-state index in [1.807, 2.05) is 12.1 Å². The fourth-order valence-electron chi connectivity index (χ4n) is 12.4. The Labute approximate surface area is 416 Å². The molecule has 68 heavy (non-hydrogen) atoms. The standard InChI is InChI=1S/C65H79BN2/c1-40-33-56-58-57(34-40)68(53-27-23-43(60(5,6)7)35-46(53)41-19-21-42(22-20-41)59(2,3)4)54-28-24-44(61(8,9)10)36-51(54)66(58)52-38-49-50(65(17,18)32-31-64(49,15)16)39-55(52)67(56)45-25-26-47-48(37-45)63(13,14)30-29-62(47,11)12/h19-28,33-39H,29-32H2,1-18H3/i1D3. The Morgan fingerprint density at radius 3 is 1.46 bits per heavy atom. The molecule has 0 N–H and O–H groups in total. The Bertz CT molecular complexity index is 3140. The molecule has 0 aromatic heterocycles. The number of aryl methyl sites for hydroxylation is 1. The minimum Gasteiger partial charge on any atom is -0.311 e. The van der Waals surface area contributed by atoms with Crippen LogP contribution in [-0.2, 0) is 37.9 Å². The first-order valence-corrected chi connectivity index (χ1v) is 25.7. The molecular weight excluding hydrogens is 820 g/mol. The number of rotatable bonds is 3. The third kappa shape index (κ3) is 7.42. The van der Waals surface area contributed by atoms with Crippen LogP contribution in [0.1, 0.15) is 192 Å². The monoisotopic (exact) mass is 902 g/mol. The molecule has 2 nitrogen and oxygen atoms in total. The van der Waals surface area contributed by atoms with E-state index < -0.39 is 6.85 Å². The zero-order valence-corrected chi connectivity index (χ0v) is 44.6. The van der Waals surface area contributed by atoms with Crippen LogP contribution in [0.3, 0.4) is 0 Å². The average Bonchev–Trinajstić information content (AvgIpc) is 3.27. The van der Waals surface area contributed by atoms with Crippen molar-refractivity contribution in [3.05, 3.63) is 148 Å². The van der Waals surface area contributed by atoms with E-state index >= 15 is 0 Å². The number of hydrogen-bond donors (Lipinski definition) is 0. The van der Waals surface area contributed by atoms with Gasteiger partial charge in [0.05, 0.1) is 5.69 Å². The maximum absolute atomic E-state index is 9.24. The Morgan fingerprint density at radius 2 is 0.897 bits per heavy atom. The van der Waals surface area contributed by atoms with Crippen molar-refractivity contribution >= 4 is 57.2 Å². The summed E-state index contributed by atoms with van der Waals surface area (Å²) >= 11 is 0. The lowest BCUT2D eigenvalue weighted by atomic mass is 9.33. The van der Waals surface area contributed by atoms with Crippen LogP contribution in [0.5, 0.6) is 0 Å². The van der Waals surface area contributed by atoms with E-state index in [0.29, 0.717) is 5.56 Å². The summed E-state index contributed by atoms with van der Waals surface area (Å²) in [6, 6.07) is 39.7. The van der Waals surface area contributed by atoms with Crippen molar-refractivity contribution in [2.75, 3.05) is 9.80 Å². The smallest absolute Gasteiger partial charge is 0.252 e. The number of hydrogen-bond acceptors (Lipinski definition) is 2.